The molecule has 0 aliphatic heterocycles. The Labute approximate surface area is 121 Å². The first-order valence-electron chi connectivity index (χ1n) is 6.83. The molecule has 1 fully saturated rings. The third-order valence-corrected chi connectivity index (χ3v) is 6.43. The van der Waals surface area contributed by atoms with Crippen LogP contribution in [0.25, 0.3) is 0 Å². The Morgan fingerprint density at radius 2 is 2.00 bits per heavy atom. The highest BCUT2D eigenvalue weighted by Gasteiger charge is 2.58. The zero-order valence-electron chi connectivity index (χ0n) is 11.7. The minimum absolute atomic E-state index is 0.0297. The Balaban J connectivity index is 2.03. The van der Waals surface area contributed by atoms with Gasteiger partial charge in [0.25, 0.3) is 0 Å². The van der Waals surface area contributed by atoms with E-state index in [9.17, 15) is 9.00 Å². The SMILES string of the molecule is COC(=O)[C@@]1(S(=O)c2ccc(C)cc2)C[C@H]2C=C[C@@H]1C2. The van der Waals surface area contributed by atoms with Gasteiger partial charge in [0.2, 0.25) is 0 Å². The molecule has 0 heterocycles. The number of rotatable bonds is 3. The molecule has 2 aliphatic rings. The molecule has 0 amide bonds. The van der Waals surface area contributed by atoms with Crippen molar-refractivity contribution in [2.75, 3.05) is 7.11 Å². The molecule has 4 heteroatoms. The molecule has 3 rings (SSSR count). The number of benzene rings is 1. The van der Waals surface area contributed by atoms with E-state index in [1.807, 2.05) is 37.3 Å². The summed E-state index contributed by atoms with van der Waals surface area (Å²) in [5, 5.41) is 0. The summed E-state index contributed by atoms with van der Waals surface area (Å²) in [4.78, 5) is 13.1. The maximum atomic E-state index is 13.0. The van der Waals surface area contributed by atoms with Gasteiger partial charge in [-0.1, -0.05) is 29.8 Å². The van der Waals surface area contributed by atoms with Gasteiger partial charge in [-0.05, 0) is 37.8 Å². The Hall–Kier alpha value is -1.42. The van der Waals surface area contributed by atoms with Crippen molar-refractivity contribution in [3.63, 3.8) is 0 Å². The average Bonchev–Trinajstić information content (AvgIpc) is 3.07. The summed E-state index contributed by atoms with van der Waals surface area (Å²) in [6, 6.07) is 7.57. The predicted octanol–water partition coefficient (Wildman–Crippen LogP) is 2.61. The van der Waals surface area contributed by atoms with Crippen LogP contribution in [0, 0.1) is 18.8 Å². The van der Waals surface area contributed by atoms with Crippen molar-refractivity contribution in [2.24, 2.45) is 11.8 Å². The van der Waals surface area contributed by atoms with Crippen LogP contribution in [0.5, 0.6) is 0 Å². The molecule has 1 aromatic rings. The summed E-state index contributed by atoms with van der Waals surface area (Å²) < 4.78 is 17.1. The third-order valence-electron chi connectivity index (χ3n) is 4.43. The van der Waals surface area contributed by atoms with Crippen LogP contribution < -0.4 is 0 Å². The smallest absolute Gasteiger partial charge is 0.325 e. The normalized spacial score (nSPS) is 32.3. The molecular weight excluding hydrogens is 272 g/mol. The van der Waals surface area contributed by atoms with Crippen LogP contribution in [-0.2, 0) is 20.3 Å². The highest BCUT2D eigenvalue weighted by atomic mass is 32.2. The van der Waals surface area contributed by atoms with Crippen molar-refractivity contribution in [2.45, 2.75) is 29.4 Å². The highest BCUT2D eigenvalue weighted by molar-refractivity contribution is 7.87. The number of hydrogen-bond acceptors (Lipinski definition) is 3. The van der Waals surface area contributed by atoms with E-state index in [2.05, 4.69) is 6.08 Å². The van der Waals surface area contributed by atoms with Crippen LogP contribution in [0.3, 0.4) is 0 Å². The fraction of sp³-hybridized carbons (Fsp3) is 0.438. The monoisotopic (exact) mass is 290 g/mol. The number of allylic oxidation sites excluding steroid dienone is 2. The minimum Gasteiger partial charge on any atom is -0.468 e. The summed E-state index contributed by atoms with van der Waals surface area (Å²) in [7, 11) is 0.000157. The molecule has 0 spiro atoms. The Bertz CT molecular complexity index is 590. The van der Waals surface area contributed by atoms with E-state index in [0.717, 1.165) is 12.0 Å². The molecule has 1 unspecified atom stereocenters. The van der Waals surface area contributed by atoms with Crippen LogP contribution in [-0.4, -0.2) is 22.0 Å². The van der Waals surface area contributed by atoms with E-state index in [1.165, 1.54) is 7.11 Å². The summed E-state index contributed by atoms with van der Waals surface area (Å²) in [5.74, 6) is 0.0452. The lowest BCUT2D eigenvalue weighted by atomic mass is 9.92. The van der Waals surface area contributed by atoms with E-state index in [1.54, 1.807) is 0 Å². The van der Waals surface area contributed by atoms with Crippen molar-refractivity contribution in [1.29, 1.82) is 0 Å². The summed E-state index contributed by atoms with van der Waals surface area (Å²) >= 11 is 0. The first-order valence-corrected chi connectivity index (χ1v) is 7.98. The Kier molecular flexibility index (Phi) is 3.28. The largest absolute Gasteiger partial charge is 0.468 e. The van der Waals surface area contributed by atoms with Gasteiger partial charge in [0.05, 0.1) is 17.9 Å². The number of carbonyl (C=O) groups excluding carboxylic acids is 1. The van der Waals surface area contributed by atoms with E-state index >= 15 is 0 Å². The van der Waals surface area contributed by atoms with Gasteiger partial charge in [0.1, 0.15) is 0 Å². The van der Waals surface area contributed by atoms with Crippen LogP contribution in [0.1, 0.15) is 18.4 Å². The Morgan fingerprint density at radius 3 is 2.50 bits per heavy atom. The molecule has 1 aromatic carbocycles. The molecule has 0 radical (unpaired) electrons. The van der Waals surface area contributed by atoms with Gasteiger partial charge in [0, 0.05) is 10.8 Å². The number of esters is 1. The maximum absolute atomic E-state index is 13.0. The van der Waals surface area contributed by atoms with Crippen molar-refractivity contribution in [1.82, 2.24) is 0 Å². The molecule has 2 aliphatic carbocycles. The summed E-state index contributed by atoms with van der Waals surface area (Å²) in [5.41, 5.74) is 1.12. The van der Waals surface area contributed by atoms with E-state index in [4.69, 9.17) is 4.74 Å². The second kappa shape index (κ2) is 4.85. The van der Waals surface area contributed by atoms with E-state index < -0.39 is 15.5 Å². The molecule has 0 aromatic heterocycles. The quantitative estimate of drug-likeness (QED) is 0.635. The van der Waals surface area contributed by atoms with Gasteiger partial charge < -0.3 is 4.74 Å². The topological polar surface area (TPSA) is 43.4 Å². The fourth-order valence-electron chi connectivity index (χ4n) is 3.38. The molecule has 2 bridgehead atoms. The predicted molar refractivity (Wildman–Crippen MR) is 77.7 cm³/mol. The lowest BCUT2D eigenvalue weighted by Crippen LogP contribution is -2.47. The molecule has 4 atom stereocenters. The number of aryl methyl sites for hydroxylation is 1. The fourth-order valence-corrected chi connectivity index (χ4v) is 5.23. The second-order valence-corrected chi connectivity index (χ2v) is 7.39. The van der Waals surface area contributed by atoms with Crippen molar-refractivity contribution < 1.29 is 13.7 Å². The van der Waals surface area contributed by atoms with Gasteiger partial charge in [-0.3, -0.25) is 9.00 Å². The first-order chi connectivity index (χ1) is 9.57. The average molecular weight is 290 g/mol. The number of ether oxygens (including phenoxy) is 1. The molecule has 0 N–H and O–H groups in total. The Morgan fingerprint density at radius 1 is 1.30 bits per heavy atom. The zero-order valence-corrected chi connectivity index (χ0v) is 12.5. The third kappa shape index (κ3) is 1.85. The summed E-state index contributed by atoms with van der Waals surface area (Å²) in [6.45, 7) is 1.99. The van der Waals surface area contributed by atoms with Gasteiger partial charge in [-0.2, -0.15) is 0 Å². The molecule has 3 nitrogen and oxygen atoms in total. The number of hydrogen-bond donors (Lipinski definition) is 0. The number of fused-ring (bicyclic) bond motifs is 2. The van der Waals surface area contributed by atoms with Crippen LogP contribution >= 0.6 is 0 Å². The van der Waals surface area contributed by atoms with Gasteiger partial charge in [0.15, 0.2) is 4.75 Å². The van der Waals surface area contributed by atoms with Crippen molar-refractivity contribution in [3.8, 4) is 0 Å². The molecular formula is C16H18O3S. The zero-order chi connectivity index (χ0) is 14.3. The van der Waals surface area contributed by atoms with Gasteiger partial charge in [-0.15, -0.1) is 0 Å². The van der Waals surface area contributed by atoms with Crippen molar-refractivity contribution >= 4 is 16.8 Å². The van der Waals surface area contributed by atoms with Crippen LogP contribution in [0.4, 0.5) is 0 Å². The molecule has 106 valence electrons. The van der Waals surface area contributed by atoms with Crippen LogP contribution in [0.2, 0.25) is 0 Å². The second-order valence-electron chi connectivity index (χ2n) is 5.65. The summed E-state index contributed by atoms with van der Waals surface area (Å²) in [6.07, 6.45) is 5.71. The lowest BCUT2D eigenvalue weighted by molar-refractivity contribution is -0.144. The van der Waals surface area contributed by atoms with E-state index in [-0.39, 0.29) is 11.9 Å². The minimum atomic E-state index is -1.38. The number of methoxy groups -OCH3 is 1. The van der Waals surface area contributed by atoms with Gasteiger partial charge >= 0.3 is 5.97 Å². The number of carbonyl (C=O) groups is 1. The molecule has 1 saturated carbocycles. The standard InChI is InChI=1S/C16H18O3S/c1-11-3-7-14(8-4-11)20(18)16(15(17)19-2)10-12-5-6-13(16)9-12/h3-8,12-13H,9-10H2,1-2H3/t12-,13+,16+,20?/m0/s1. The van der Waals surface area contributed by atoms with Crippen LogP contribution in [0.15, 0.2) is 41.3 Å². The maximum Gasteiger partial charge on any atom is 0.325 e. The van der Waals surface area contributed by atoms with Gasteiger partial charge in [-0.25, -0.2) is 0 Å². The van der Waals surface area contributed by atoms with Crippen molar-refractivity contribution in [3.05, 3.63) is 42.0 Å². The van der Waals surface area contributed by atoms with E-state index in [0.29, 0.717) is 17.2 Å². The highest BCUT2D eigenvalue weighted by Crippen LogP contribution is 2.51. The first kappa shape index (κ1) is 13.6. The molecule has 0 saturated heterocycles. The lowest BCUT2D eigenvalue weighted by Gasteiger charge is -2.31. The molecule has 20 heavy (non-hydrogen) atoms.